The molecule has 0 unspecified atom stereocenters. The fourth-order valence-electron chi connectivity index (χ4n) is 4.82. The van der Waals surface area contributed by atoms with Gasteiger partial charge in [0.25, 0.3) is 5.91 Å². The number of carbonyl (C=O) groups excluding carboxylic acids is 2. The summed E-state index contributed by atoms with van der Waals surface area (Å²) in [6, 6.07) is 8.58. The number of aromatic nitrogens is 1. The molecule has 1 saturated carbocycles. The number of amides is 1. The second-order valence-corrected chi connectivity index (χ2v) is 14.9. The lowest BCUT2D eigenvalue weighted by Crippen LogP contribution is -2.43. The van der Waals surface area contributed by atoms with Crippen molar-refractivity contribution in [2.45, 2.75) is 42.9 Å². The molecule has 0 radical (unpaired) electrons. The minimum Gasteiger partial charge on any atom is -0.489 e. The van der Waals surface area contributed by atoms with E-state index in [1.54, 1.807) is 14.1 Å². The molecular formula is C31H31Cl2F2N3O7S2. The number of rotatable bonds is 13. The molecule has 2 atom stereocenters. The summed E-state index contributed by atoms with van der Waals surface area (Å²) < 4.78 is 71.5. The molecule has 10 nitrogen and oxygen atoms in total. The molecule has 0 spiro atoms. The molecule has 1 amide bonds. The van der Waals surface area contributed by atoms with Crippen LogP contribution in [0, 0.1) is 5.92 Å². The number of carbonyl (C=O) groups is 2. The number of hydrogen-bond donors (Lipinski definition) is 0. The summed E-state index contributed by atoms with van der Waals surface area (Å²) in [7, 11) is -1.13. The van der Waals surface area contributed by atoms with Crippen molar-refractivity contribution in [3.05, 3.63) is 81.6 Å². The summed E-state index contributed by atoms with van der Waals surface area (Å²) in [6.07, 6.45) is 3.52. The van der Waals surface area contributed by atoms with E-state index in [2.05, 4.69) is 9.72 Å². The summed E-state index contributed by atoms with van der Waals surface area (Å²) in [6.45, 7) is -2.80. The first kappa shape index (κ1) is 35.1. The van der Waals surface area contributed by atoms with Gasteiger partial charge in [-0.05, 0) is 60.2 Å². The van der Waals surface area contributed by atoms with E-state index in [-0.39, 0.29) is 56.0 Å². The quantitative estimate of drug-likeness (QED) is 0.193. The molecule has 1 saturated heterocycles. The predicted molar refractivity (Wildman–Crippen MR) is 173 cm³/mol. The van der Waals surface area contributed by atoms with E-state index >= 15 is 0 Å². The van der Waals surface area contributed by atoms with Crippen LogP contribution in [0.25, 0.3) is 0 Å². The summed E-state index contributed by atoms with van der Waals surface area (Å²) in [5.41, 5.74) is 0.930. The third kappa shape index (κ3) is 8.47. The first-order chi connectivity index (χ1) is 22.3. The maximum Gasteiger partial charge on any atom is 0.387 e. The monoisotopic (exact) mass is 729 g/mol. The van der Waals surface area contributed by atoms with E-state index in [1.165, 1.54) is 71.5 Å². The summed E-state index contributed by atoms with van der Waals surface area (Å²) in [4.78, 5) is 31.5. The molecule has 2 aromatic carbocycles. The Morgan fingerprint density at radius 1 is 1.09 bits per heavy atom. The molecule has 1 aliphatic heterocycles. The highest BCUT2D eigenvalue weighted by atomic mass is 35.5. The van der Waals surface area contributed by atoms with Crippen LogP contribution in [-0.4, -0.2) is 79.5 Å². The number of nitrogens with zero attached hydrogens (tertiary/aromatic N) is 3. The van der Waals surface area contributed by atoms with E-state index in [0.717, 1.165) is 17.1 Å². The van der Waals surface area contributed by atoms with Gasteiger partial charge >= 0.3 is 12.6 Å². The lowest BCUT2D eigenvalue weighted by Gasteiger charge is -2.26. The van der Waals surface area contributed by atoms with Crippen molar-refractivity contribution >= 4 is 56.9 Å². The molecule has 252 valence electrons. The zero-order valence-corrected chi connectivity index (χ0v) is 28.4. The van der Waals surface area contributed by atoms with Crippen LogP contribution in [0.1, 0.15) is 40.4 Å². The first-order valence-electron chi connectivity index (χ1n) is 14.5. The van der Waals surface area contributed by atoms with Gasteiger partial charge in [-0.15, -0.1) is 11.8 Å². The summed E-state index contributed by atoms with van der Waals surface area (Å²) >= 11 is 14.0. The van der Waals surface area contributed by atoms with Gasteiger partial charge in [0, 0.05) is 44.2 Å². The Kier molecular flexibility index (Phi) is 11.2. The summed E-state index contributed by atoms with van der Waals surface area (Å²) in [5.74, 6) is -0.997. The Morgan fingerprint density at radius 2 is 1.81 bits per heavy atom. The SMILES string of the molecule is CN(C)C(=O)c1cccc(S(=O)(=O)N2CSC[C@H]2C(=O)O[C@@H](Cc2c(Cl)cncc2Cl)c2ccc(OC(F)F)c(OCC3CC3)c2)c1. The molecule has 1 aliphatic carbocycles. The van der Waals surface area contributed by atoms with Crippen LogP contribution < -0.4 is 9.47 Å². The number of esters is 1. The van der Waals surface area contributed by atoms with Gasteiger partial charge < -0.3 is 19.1 Å². The largest absolute Gasteiger partial charge is 0.489 e. The van der Waals surface area contributed by atoms with Crippen LogP contribution in [0.15, 0.2) is 59.8 Å². The zero-order chi connectivity index (χ0) is 33.9. The number of ether oxygens (including phenoxy) is 3. The Labute approximate surface area is 285 Å². The fraction of sp³-hybridized carbons (Fsp3) is 0.387. The molecular weight excluding hydrogens is 699 g/mol. The third-order valence-corrected chi connectivity index (χ3v) is 11.2. The zero-order valence-electron chi connectivity index (χ0n) is 25.3. The average Bonchev–Trinajstić information content (AvgIpc) is 3.72. The van der Waals surface area contributed by atoms with Gasteiger partial charge in [0.05, 0.1) is 27.4 Å². The van der Waals surface area contributed by atoms with Crippen LogP contribution in [0.2, 0.25) is 10.0 Å². The van der Waals surface area contributed by atoms with Crippen LogP contribution in [0.5, 0.6) is 11.5 Å². The van der Waals surface area contributed by atoms with E-state index in [0.29, 0.717) is 23.7 Å². The Bertz CT molecular complexity index is 1730. The highest BCUT2D eigenvalue weighted by Crippen LogP contribution is 2.39. The average molecular weight is 731 g/mol. The molecule has 2 heterocycles. The minimum absolute atomic E-state index is 0.0283. The van der Waals surface area contributed by atoms with Crippen molar-refractivity contribution in [3.8, 4) is 11.5 Å². The third-order valence-electron chi connectivity index (χ3n) is 7.54. The van der Waals surface area contributed by atoms with Gasteiger partial charge in [-0.3, -0.25) is 14.6 Å². The molecule has 2 aliphatic rings. The predicted octanol–water partition coefficient (Wildman–Crippen LogP) is 6.07. The number of thioether (sulfide) groups is 1. The standard InChI is InChI=1S/C31H31Cl2F2N3O7S2/c1-37(2)29(39)20-4-3-5-21(10-20)47(41,42)38-17-46-16-25(38)30(40)44-27(12-22-23(32)13-36-14-24(22)33)19-8-9-26(45-31(34)35)28(11-19)43-15-18-6-7-18/h3-5,8-11,13-14,18,25,27,31H,6-7,12,15-17H2,1-2H3/t25-,27-/m0/s1. The molecule has 3 aromatic rings. The smallest absolute Gasteiger partial charge is 0.387 e. The van der Waals surface area contributed by atoms with E-state index in [4.69, 9.17) is 32.7 Å². The van der Waals surface area contributed by atoms with Gasteiger partial charge in [-0.2, -0.15) is 13.1 Å². The fourth-order valence-corrected chi connectivity index (χ4v) is 8.51. The maximum absolute atomic E-state index is 13.8. The number of benzene rings is 2. The van der Waals surface area contributed by atoms with Crippen molar-refractivity contribution in [2.24, 2.45) is 5.92 Å². The first-order valence-corrected chi connectivity index (χ1v) is 17.8. The number of alkyl halides is 2. The Hall–Kier alpha value is -3.17. The summed E-state index contributed by atoms with van der Waals surface area (Å²) in [5, 5.41) is 0.406. The highest BCUT2D eigenvalue weighted by molar-refractivity contribution is 8.00. The van der Waals surface area contributed by atoms with Crippen molar-refractivity contribution in [1.29, 1.82) is 0 Å². The molecule has 16 heteroatoms. The second-order valence-electron chi connectivity index (χ2n) is 11.2. The van der Waals surface area contributed by atoms with E-state index in [1.807, 2.05) is 0 Å². The van der Waals surface area contributed by atoms with Crippen molar-refractivity contribution in [1.82, 2.24) is 14.2 Å². The van der Waals surface area contributed by atoms with Gasteiger partial charge in [0.1, 0.15) is 12.1 Å². The van der Waals surface area contributed by atoms with Crippen molar-refractivity contribution in [3.63, 3.8) is 0 Å². The number of sulfonamides is 1. The lowest BCUT2D eigenvalue weighted by atomic mass is 10.0. The van der Waals surface area contributed by atoms with Gasteiger partial charge in [0.15, 0.2) is 11.5 Å². The van der Waals surface area contributed by atoms with Crippen molar-refractivity contribution < 1.29 is 41.0 Å². The molecule has 2 fully saturated rings. The van der Waals surface area contributed by atoms with E-state index < -0.39 is 34.7 Å². The molecule has 5 rings (SSSR count). The van der Waals surface area contributed by atoms with Crippen LogP contribution in [0.4, 0.5) is 8.78 Å². The van der Waals surface area contributed by atoms with Crippen LogP contribution in [0.3, 0.4) is 0 Å². The van der Waals surface area contributed by atoms with Gasteiger partial charge in [-0.25, -0.2) is 8.42 Å². The van der Waals surface area contributed by atoms with Crippen LogP contribution >= 0.6 is 35.0 Å². The highest BCUT2D eigenvalue weighted by Gasteiger charge is 2.42. The topological polar surface area (TPSA) is 115 Å². The molecule has 1 aromatic heterocycles. The molecule has 0 bridgehead atoms. The lowest BCUT2D eigenvalue weighted by molar-refractivity contribution is -0.152. The number of pyridine rings is 1. The Balaban J connectivity index is 1.46. The van der Waals surface area contributed by atoms with Gasteiger partial charge in [-0.1, -0.05) is 35.3 Å². The number of hydrogen-bond acceptors (Lipinski definition) is 9. The second kappa shape index (κ2) is 14.9. The number of halogens is 4. The normalized spacial score (nSPS) is 17.4. The van der Waals surface area contributed by atoms with E-state index in [9.17, 15) is 26.8 Å². The Morgan fingerprint density at radius 3 is 2.47 bits per heavy atom. The maximum atomic E-state index is 13.8. The van der Waals surface area contributed by atoms with Gasteiger partial charge in [0.2, 0.25) is 10.0 Å². The molecule has 0 N–H and O–H groups in total. The minimum atomic E-state index is -4.24. The van der Waals surface area contributed by atoms with Crippen LogP contribution in [-0.2, 0) is 26.0 Å². The van der Waals surface area contributed by atoms with Crippen molar-refractivity contribution in [2.75, 3.05) is 32.3 Å². The molecule has 47 heavy (non-hydrogen) atoms.